The summed E-state index contributed by atoms with van der Waals surface area (Å²) in [5.74, 6) is 0.422. The number of fused-ring (bicyclic) bond motifs is 1. The number of benzene rings is 3. The summed E-state index contributed by atoms with van der Waals surface area (Å²) < 4.78 is 16.3. The van der Waals surface area contributed by atoms with Gasteiger partial charge in [-0.3, -0.25) is 0 Å². The van der Waals surface area contributed by atoms with Gasteiger partial charge in [-0.15, -0.1) is 0 Å². The lowest BCUT2D eigenvalue weighted by Crippen LogP contribution is -2.31. The summed E-state index contributed by atoms with van der Waals surface area (Å²) in [5, 5.41) is 0. The largest absolute Gasteiger partial charge is 0.265 e. The molecule has 0 radical (unpaired) electrons. The van der Waals surface area contributed by atoms with E-state index in [2.05, 4.69) is 74.0 Å². The SMILES string of the molecule is Cc1cccc(C)c1-c1nc(N[SH+](=O)c2ccccc2)nc2c1CCCC2(C)c1ccccc1. The molecule has 1 aliphatic rings. The molecular formula is C29H30N3OS+. The Kier molecular flexibility index (Phi) is 6.05. The van der Waals surface area contributed by atoms with Gasteiger partial charge in [0.1, 0.15) is 0 Å². The molecule has 1 heterocycles. The van der Waals surface area contributed by atoms with Crippen molar-refractivity contribution in [1.29, 1.82) is 0 Å². The summed E-state index contributed by atoms with van der Waals surface area (Å²) in [6, 6.07) is 26.4. The highest BCUT2D eigenvalue weighted by Crippen LogP contribution is 2.45. The smallest absolute Gasteiger partial charge is 0.214 e. The van der Waals surface area contributed by atoms with Crippen LogP contribution in [0.1, 0.15) is 47.7 Å². The Hall–Kier alpha value is -3.31. The van der Waals surface area contributed by atoms with E-state index in [-0.39, 0.29) is 5.41 Å². The molecule has 2 atom stereocenters. The predicted molar refractivity (Wildman–Crippen MR) is 141 cm³/mol. The van der Waals surface area contributed by atoms with Crippen LogP contribution in [0.4, 0.5) is 5.95 Å². The Morgan fingerprint density at radius 2 is 1.50 bits per heavy atom. The Bertz CT molecular complexity index is 1330. The number of hydrogen-bond donors (Lipinski definition) is 1. The van der Waals surface area contributed by atoms with Crippen molar-refractivity contribution >= 4 is 16.9 Å². The normalized spacial score (nSPS) is 18.2. The van der Waals surface area contributed by atoms with Crippen LogP contribution in [0, 0.1) is 13.8 Å². The fourth-order valence-electron chi connectivity index (χ4n) is 5.16. The van der Waals surface area contributed by atoms with Gasteiger partial charge in [0.15, 0.2) is 15.9 Å². The van der Waals surface area contributed by atoms with E-state index in [1.165, 1.54) is 22.3 Å². The molecule has 1 N–H and O–H groups in total. The molecule has 1 aliphatic carbocycles. The van der Waals surface area contributed by atoms with Gasteiger partial charge in [-0.25, -0.2) is 9.97 Å². The van der Waals surface area contributed by atoms with E-state index in [4.69, 9.17) is 9.97 Å². The molecule has 0 aliphatic heterocycles. The minimum Gasteiger partial charge on any atom is -0.214 e. The summed E-state index contributed by atoms with van der Waals surface area (Å²) in [4.78, 5) is 10.8. The van der Waals surface area contributed by atoms with Crippen molar-refractivity contribution in [2.75, 3.05) is 4.72 Å². The van der Waals surface area contributed by atoms with E-state index < -0.39 is 11.0 Å². The molecule has 0 fully saturated rings. The van der Waals surface area contributed by atoms with Crippen LogP contribution >= 0.6 is 0 Å². The lowest BCUT2D eigenvalue weighted by molar-refractivity contribution is 0.450. The molecule has 34 heavy (non-hydrogen) atoms. The van der Waals surface area contributed by atoms with Crippen molar-refractivity contribution in [2.24, 2.45) is 0 Å². The van der Waals surface area contributed by atoms with Crippen molar-refractivity contribution < 1.29 is 4.21 Å². The first-order valence-electron chi connectivity index (χ1n) is 11.8. The highest BCUT2D eigenvalue weighted by molar-refractivity contribution is 7.86. The Morgan fingerprint density at radius 1 is 0.853 bits per heavy atom. The standard InChI is InChI=1S/C29H29N3OS/c1-20-12-10-13-21(2)25(20)26-24-18-11-19-29(3,22-14-6-4-7-15-22)27(24)31-28(30-26)32-34(33)23-16-8-5-9-17-23/h4-10,12-17H,11,18-19H2,1-3H3,(H,30,31,32,33)/p+1. The van der Waals surface area contributed by atoms with Gasteiger partial charge in [0, 0.05) is 16.5 Å². The average molecular weight is 469 g/mol. The minimum atomic E-state index is -1.87. The second kappa shape index (κ2) is 9.15. The molecule has 0 amide bonds. The molecule has 2 unspecified atom stereocenters. The number of nitrogens with zero attached hydrogens (tertiary/aromatic N) is 2. The van der Waals surface area contributed by atoms with Crippen LogP contribution in [0.5, 0.6) is 0 Å². The third-order valence-electron chi connectivity index (χ3n) is 6.95. The van der Waals surface area contributed by atoms with Crippen LogP contribution in [0.3, 0.4) is 0 Å². The molecule has 5 rings (SSSR count). The Morgan fingerprint density at radius 3 is 2.18 bits per heavy atom. The van der Waals surface area contributed by atoms with Crippen LogP contribution in [0.25, 0.3) is 11.3 Å². The number of hydrogen-bond acceptors (Lipinski definition) is 3. The molecule has 0 spiro atoms. The van der Waals surface area contributed by atoms with Gasteiger partial charge in [-0.1, -0.05) is 70.9 Å². The topological polar surface area (TPSA) is 54.9 Å². The van der Waals surface area contributed by atoms with Gasteiger partial charge in [-0.05, 0) is 68.9 Å². The summed E-state index contributed by atoms with van der Waals surface area (Å²) in [7, 11) is -1.87. The van der Waals surface area contributed by atoms with Crippen LogP contribution < -0.4 is 4.72 Å². The molecule has 0 bridgehead atoms. The molecule has 4 aromatic rings. The van der Waals surface area contributed by atoms with Crippen LogP contribution in [-0.2, 0) is 27.0 Å². The molecule has 4 nitrogen and oxygen atoms in total. The lowest BCUT2D eigenvalue weighted by Gasteiger charge is -2.36. The number of anilines is 1. The van der Waals surface area contributed by atoms with Gasteiger partial charge in [0.2, 0.25) is 0 Å². The Labute approximate surface area is 204 Å². The zero-order valence-corrected chi connectivity index (χ0v) is 20.8. The average Bonchev–Trinajstić information content (AvgIpc) is 2.85. The molecule has 5 heteroatoms. The third-order valence-corrected chi connectivity index (χ3v) is 8.12. The van der Waals surface area contributed by atoms with Gasteiger partial charge < -0.3 is 0 Å². The quantitative estimate of drug-likeness (QED) is 0.269. The van der Waals surface area contributed by atoms with Gasteiger partial charge >= 0.3 is 0 Å². The zero-order valence-electron chi connectivity index (χ0n) is 19.9. The van der Waals surface area contributed by atoms with E-state index in [1.807, 2.05) is 30.3 Å². The summed E-state index contributed by atoms with van der Waals surface area (Å²) in [6.45, 7) is 6.55. The van der Waals surface area contributed by atoms with Crippen molar-refractivity contribution in [2.45, 2.75) is 50.3 Å². The monoisotopic (exact) mass is 468 g/mol. The van der Waals surface area contributed by atoms with E-state index in [0.29, 0.717) is 5.95 Å². The first kappa shape index (κ1) is 22.5. The maximum absolute atomic E-state index is 13.2. The van der Waals surface area contributed by atoms with Gasteiger partial charge in [0.05, 0.1) is 11.4 Å². The highest BCUT2D eigenvalue weighted by atomic mass is 32.2. The lowest BCUT2D eigenvalue weighted by atomic mass is 9.69. The molecule has 1 aromatic heterocycles. The molecule has 0 saturated heterocycles. The molecule has 0 saturated carbocycles. The summed E-state index contributed by atoms with van der Waals surface area (Å²) >= 11 is 0. The molecule has 3 aromatic carbocycles. The minimum absolute atomic E-state index is 0.238. The molecule has 172 valence electrons. The zero-order chi connectivity index (χ0) is 23.7. The van der Waals surface area contributed by atoms with E-state index >= 15 is 0 Å². The number of nitrogens with one attached hydrogen (secondary N) is 1. The number of aromatic nitrogens is 2. The summed E-state index contributed by atoms with van der Waals surface area (Å²) in [6.07, 6.45) is 3.02. The second-order valence-corrected chi connectivity index (χ2v) is 10.6. The van der Waals surface area contributed by atoms with Crippen LogP contribution in [0.15, 0.2) is 83.8 Å². The van der Waals surface area contributed by atoms with Gasteiger partial charge in [0.25, 0.3) is 5.95 Å². The predicted octanol–water partition coefficient (Wildman–Crippen LogP) is 6.48. The maximum Gasteiger partial charge on any atom is 0.265 e. The summed E-state index contributed by atoms with van der Waals surface area (Å²) in [5.41, 5.74) is 7.74. The van der Waals surface area contributed by atoms with Gasteiger partial charge in [-0.2, -0.15) is 4.72 Å². The molecular weight excluding hydrogens is 438 g/mol. The van der Waals surface area contributed by atoms with Crippen molar-refractivity contribution in [1.82, 2.24) is 9.97 Å². The maximum atomic E-state index is 13.2. The number of thiol groups is 1. The van der Waals surface area contributed by atoms with E-state index in [9.17, 15) is 4.21 Å². The Balaban J connectivity index is 1.72. The fourth-order valence-corrected chi connectivity index (χ4v) is 6.02. The highest BCUT2D eigenvalue weighted by Gasteiger charge is 2.38. The van der Waals surface area contributed by atoms with Crippen molar-refractivity contribution in [3.8, 4) is 11.3 Å². The van der Waals surface area contributed by atoms with Crippen LogP contribution in [0.2, 0.25) is 0 Å². The van der Waals surface area contributed by atoms with Crippen LogP contribution in [-0.4, -0.2) is 9.97 Å². The van der Waals surface area contributed by atoms with E-state index in [0.717, 1.165) is 41.1 Å². The third kappa shape index (κ3) is 4.05. The van der Waals surface area contributed by atoms with Crippen molar-refractivity contribution in [3.63, 3.8) is 0 Å². The van der Waals surface area contributed by atoms with Crippen molar-refractivity contribution in [3.05, 3.63) is 107 Å². The first-order chi connectivity index (χ1) is 16.5. The second-order valence-electron chi connectivity index (χ2n) is 9.28. The number of rotatable bonds is 5. The van der Waals surface area contributed by atoms with E-state index in [1.54, 1.807) is 0 Å². The fraction of sp³-hybridized carbons (Fsp3) is 0.241. The first-order valence-corrected chi connectivity index (χ1v) is 13.1. The number of aryl methyl sites for hydroxylation is 2.